The second kappa shape index (κ2) is 7.84. The molecule has 0 fully saturated rings. The molecule has 3 aromatic carbocycles. The molecule has 24 heavy (non-hydrogen) atoms. The second-order valence-electron chi connectivity index (χ2n) is 5.62. The first kappa shape index (κ1) is 16.3. The van der Waals surface area contributed by atoms with Crippen molar-refractivity contribution in [2.75, 3.05) is 5.32 Å². The van der Waals surface area contributed by atoms with Crippen LogP contribution in [-0.4, -0.2) is 5.91 Å². The Balaban J connectivity index is 1.58. The molecule has 0 spiro atoms. The summed E-state index contributed by atoms with van der Waals surface area (Å²) in [7, 11) is 0. The third-order valence-electron chi connectivity index (χ3n) is 3.67. The molecule has 0 radical (unpaired) electrons. The number of carbonyl (C=O) groups is 1. The van der Waals surface area contributed by atoms with Gasteiger partial charge in [0.25, 0.3) is 5.91 Å². The van der Waals surface area contributed by atoms with Crippen molar-refractivity contribution < 1.29 is 4.79 Å². The van der Waals surface area contributed by atoms with Crippen LogP contribution in [0, 0.1) is 6.92 Å². The molecule has 0 aliphatic carbocycles. The number of hydrogen-bond acceptors (Lipinski definition) is 2. The van der Waals surface area contributed by atoms with Gasteiger partial charge in [0.2, 0.25) is 0 Å². The molecule has 3 heteroatoms. The molecule has 0 aliphatic rings. The van der Waals surface area contributed by atoms with Crippen LogP contribution in [0.4, 0.5) is 5.69 Å². The summed E-state index contributed by atoms with van der Waals surface area (Å²) in [6.07, 6.45) is 0. The van der Waals surface area contributed by atoms with Gasteiger partial charge < -0.3 is 5.32 Å². The molecular weight excluding hydrogens is 314 g/mol. The maximum absolute atomic E-state index is 12.2. The summed E-state index contributed by atoms with van der Waals surface area (Å²) in [5.74, 6) is 0.808. The van der Waals surface area contributed by atoms with Crippen molar-refractivity contribution in [1.29, 1.82) is 0 Å². The van der Waals surface area contributed by atoms with E-state index in [9.17, 15) is 4.79 Å². The molecule has 120 valence electrons. The van der Waals surface area contributed by atoms with Crippen LogP contribution in [-0.2, 0) is 5.75 Å². The van der Waals surface area contributed by atoms with Crippen LogP contribution in [0.25, 0.3) is 0 Å². The summed E-state index contributed by atoms with van der Waals surface area (Å²) in [6, 6.07) is 25.8. The van der Waals surface area contributed by atoms with E-state index in [1.807, 2.05) is 54.6 Å². The molecular formula is C21H19NOS. The zero-order chi connectivity index (χ0) is 16.8. The maximum atomic E-state index is 12.2. The second-order valence-corrected chi connectivity index (χ2v) is 6.67. The van der Waals surface area contributed by atoms with Crippen molar-refractivity contribution in [3.63, 3.8) is 0 Å². The molecule has 0 bridgehead atoms. The molecule has 0 heterocycles. The molecule has 0 aromatic heterocycles. The zero-order valence-electron chi connectivity index (χ0n) is 13.5. The summed E-state index contributed by atoms with van der Waals surface area (Å²) in [5.41, 5.74) is 3.95. The minimum atomic E-state index is -0.0843. The first-order valence-corrected chi connectivity index (χ1v) is 8.84. The van der Waals surface area contributed by atoms with Crippen molar-refractivity contribution in [2.24, 2.45) is 0 Å². The molecule has 3 rings (SSSR count). The molecule has 0 atom stereocenters. The fraction of sp³-hybridized carbons (Fsp3) is 0.0952. The molecule has 2 nitrogen and oxygen atoms in total. The molecule has 1 N–H and O–H groups in total. The van der Waals surface area contributed by atoms with Crippen LogP contribution >= 0.6 is 11.8 Å². The van der Waals surface area contributed by atoms with Gasteiger partial charge >= 0.3 is 0 Å². The van der Waals surface area contributed by atoms with Gasteiger partial charge in [0.15, 0.2) is 0 Å². The lowest BCUT2D eigenvalue weighted by Crippen LogP contribution is -2.11. The van der Waals surface area contributed by atoms with Crippen molar-refractivity contribution in [1.82, 2.24) is 0 Å². The summed E-state index contributed by atoms with van der Waals surface area (Å²) in [4.78, 5) is 13.5. The van der Waals surface area contributed by atoms with Crippen molar-refractivity contribution in [2.45, 2.75) is 17.6 Å². The fourth-order valence-electron chi connectivity index (χ4n) is 2.28. The quantitative estimate of drug-likeness (QED) is 0.621. The van der Waals surface area contributed by atoms with Crippen molar-refractivity contribution in [3.05, 3.63) is 95.6 Å². The number of carbonyl (C=O) groups excluding carboxylic acids is 1. The zero-order valence-corrected chi connectivity index (χ0v) is 14.3. The number of thioether (sulfide) groups is 1. The maximum Gasteiger partial charge on any atom is 0.255 e. The highest BCUT2D eigenvalue weighted by atomic mass is 32.2. The topological polar surface area (TPSA) is 29.1 Å². The molecule has 0 unspecified atom stereocenters. The van der Waals surface area contributed by atoms with Crippen molar-refractivity contribution >= 4 is 23.4 Å². The molecule has 0 saturated carbocycles. The largest absolute Gasteiger partial charge is 0.322 e. The van der Waals surface area contributed by atoms with E-state index in [-0.39, 0.29) is 5.91 Å². The van der Waals surface area contributed by atoms with E-state index in [0.717, 1.165) is 11.4 Å². The van der Waals surface area contributed by atoms with Gasteiger partial charge in [-0.2, -0.15) is 0 Å². The van der Waals surface area contributed by atoms with Gasteiger partial charge in [-0.3, -0.25) is 4.79 Å². The van der Waals surface area contributed by atoms with Gasteiger partial charge in [0, 0.05) is 21.9 Å². The van der Waals surface area contributed by atoms with E-state index in [0.29, 0.717) is 5.56 Å². The van der Waals surface area contributed by atoms with Gasteiger partial charge in [-0.25, -0.2) is 0 Å². The monoisotopic (exact) mass is 333 g/mol. The van der Waals surface area contributed by atoms with Crippen LogP contribution in [0.5, 0.6) is 0 Å². The highest BCUT2D eigenvalue weighted by Gasteiger charge is 2.06. The number of benzene rings is 3. The van der Waals surface area contributed by atoms with Crippen LogP contribution in [0.3, 0.4) is 0 Å². The van der Waals surface area contributed by atoms with Gasteiger partial charge in [-0.1, -0.05) is 48.0 Å². The van der Waals surface area contributed by atoms with E-state index in [4.69, 9.17) is 0 Å². The third kappa shape index (κ3) is 4.49. The summed E-state index contributed by atoms with van der Waals surface area (Å²) in [6.45, 7) is 2.09. The average Bonchev–Trinajstić information content (AvgIpc) is 2.62. The van der Waals surface area contributed by atoms with Gasteiger partial charge in [0.1, 0.15) is 0 Å². The van der Waals surface area contributed by atoms with E-state index in [1.165, 1.54) is 16.0 Å². The smallest absolute Gasteiger partial charge is 0.255 e. The fourth-order valence-corrected chi connectivity index (χ4v) is 3.13. The lowest BCUT2D eigenvalue weighted by molar-refractivity contribution is 0.102. The number of para-hydroxylation sites is 1. The lowest BCUT2D eigenvalue weighted by atomic mass is 10.1. The summed E-state index contributed by atoms with van der Waals surface area (Å²) >= 11 is 1.80. The number of anilines is 1. The first-order valence-electron chi connectivity index (χ1n) is 7.85. The predicted octanol–water partition coefficient (Wildman–Crippen LogP) is 5.54. The van der Waals surface area contributed by atoms with E-state index in [2.05, 4.69) is 36.5 Å². The van der Waals surface area contributed by atoms with Gasteiger partial charge in [0.05, 0.1) is 0 Å². The number of hydrogen-bond donors (Lipinski definition) is 1. The number of nitrogens with one attached hydrogen (secondary N) is 1. The Morgan fingerprint density at radius 1 is 0.875 bits per heavy atom. The number of amides is 1. The first-order chi connectivity index (χ1) is 11.7. The van der Waals surface area contributed by atoms with Crippen LogP contribution in [0.2, 0.25) is 0 Å². The molecule has 3 aromatic rings. The number of rotatable bonds is 5. The number of aryl methyl sites for hydroxylation is 1. The molecule has 0 saturated heterocycles. The summed E-state index contributed by atoms with van der Waals surface area (Å²) in [5, 5.41) is 2.90. The Kier molecular flexibility index (Phi) is 5.34. The lowest BCUT2D eigenvalue weighted by Gasteiger charge is -2.06. The van der Waals surface area contributed by atoms with Gasteiger partial charge in [-0.05, 0) is 48.9 Å². The van der Waals surface area contributed by atoms with E-state index < -0.39 is 0 Å². The normalized spacial score (nSPS) is 10.4. The predicted molar refractivity (Wildman–Crippen MR) is 102 cm³/mol. The minimum Gasteiger partial charge on any atom is -0.322 e. The average molecular weight is 333 g/mol. The minimum absolute atomic E-state index is 0.0843. The highest BCUT2D eigenvalue weighted by Crippen LogP contribution is 2.23. The van der Waals surface area contributed by atoms with Gasteiger partial charge in [-0.15, -0.1) is 11.8 Å². The van der Waals surface area contributed by atoms with E-state index in [1.54, 1.807) is 11.8 Å². The standard InChI is InChI=1S/C21H19NOS/c1-16-7-13-20(14-8-16)24-15-17-9-11-18(12-10-17)21(23)22-19-5-3-2-4-6-19/h2-14H,15H2,1H3,(H,22,23). The Hall–Kier alpha value is -2.52. The van der Waals surface area contributed by atoms with Crippen LogP contribution in [0.15, 0.2) is 83.8 Å². The Labute approximate surface area is 146 Å². The van der Waals surface area contributed by atoms with Crippen LogP contribution < -0.4 is 5.32 Å². The van der Waals surface area contributed by atoms with Crippen molar-refractivity contribution in [3.8, 4) is 0 Å². The molecule has 0 aliphatic heterocycles. The Morgan fingerprint density at radius 2 is 1.54 bits per heavy atom. The third-order valence-corrected chi connectivity index (χ3v) is 4.76. The SMILES string of the molecule is Cc1ccc(SCc2ccc(C(=O)Nc3ccccc3)cc2)cc1. The molecule has 1 amide bonds. The highest BCUT2D eigenvalue weighted by molar-refractivity contribution is 7.98. The summed E-state index contributed by atoms with van der Waals surface area (Å²) < 4.78 is 0. The Bertz CT molecular complexity index is 796. The van der Waals surface area contributed by atoms with E-state index >= 15 is 0 Å². The van der Waals surface area contributed by atoms with Crippen LogP contribution in [0.1, 0.15) is 21.5 Å². The Morgan fingerprint density at radius 3 is 2.21 bits per heavy atom.